The highest BCUT2D eigenvalue weighted by Crippen LogP contribution is 2.23. The van der Waals surface area contributed by atoms with Crippen LogP contribution in [0.15, 0.2) is 15.2 Å². The van der Waals surface area contributed by atoms with Crippen molar-refractivity contribution in [1.82, 2.24) is 14.6 Å². The number of aliphatic carboxylic acids is 1. The van der Waals surface area contributed by atoms with Crippen LogP contribution in [0.3, 0.4) is 0 Å². The summed E-state index contributed by atoms with van der Waals surface area (Å²) < 4.78 is 2.09. The molecule has 0 aliphatic rings. The van der Waals surface area contributed by atoms with E-state index in [4.69, 9.17) is 5.11 Å². The van der Waals surface area contributed by atoms with Gasteiger partial charge in [0.05, 0.1) is 11.4 Å². The summed E-state index contributed by atoms with van der Waals surface area (Å²) >= 11 is 4.15. The zero-order valence-corrected chi connectivity index (χ0v) is 12.5. The van der Waals surface area contributed by atoms with Gasteiger partial charge in [0.25, 0.3) is 5.56 Å². The first kappa shape index (κ1) is 14.4. The molecule has 0 aliphatic carbocycles. The van der Waals surface area contributed by atoms with E-state index >= 15 is 0 Å². The van der Waals surface area contributed by atoms with Crippen LogP contribution >= 0.6 is 34.9 Å². The predicted octanol–water partition coefficient (Wildman–Crippen LogP) is 1.58. The molecular weight excluding hydrogens is 306 g/mol. The summed E-state index contributed by atoms with van der Waals surface area (Å²) in [7, 11) is 0. The highest BCUT2D eigenvalue weighted by molar-refractivity contribution is 8.01. The number of carboxylic acids is 1. The van der Waals surface area contributed by atoms with Crippen molar-refractivity contribution < 1.29 is 9.90 Å². The largest absolute Gasteiger partial charge is 0.481 e. The summed E-state index contributed by atoms with van der Waals surface area (Å²) in [5.41, 5.74) is 0.364. The Bertz CT molecular complexity index is 652. The summed E-state index contributed by atoms with van der Waals surface area (Å²) in [6.07, 6.45) is 0. The van der Waals surface area contributed by atoms with Gasteiger partial charge in [-0.3, -0.25) is 9.59 Å². The second kappa shape index (κ2) is 6.40. The average Bonchev–Trinajstić information content (AvgIpc) is 2.72. The molecule has 19 heavy (non-hydrogen) atoms. The van der Waals surface area contributed by atoms with Crippen LogP contribution in [-0.2, 0) is 10.5 Å². The average molecular weight is 317 g/mol. The van der Waals surface area contributed by atoms with E-state index in [1.807, 2.05) is 6.92 Å². The first-order valence-electron chi connectivity index (χ1n) is 5.42. The van der Waals surface area contributed by atoms with E-state index in [1.54, 1.807) is 11.8 Å². The molecular formula is C10H11N3O3S3. The number of thioether (sulfide) groups is 2. The van der Waals surface area contributed by atoms with Crippen molar-refractivity contribution in [3.8, 4) is 0 Å². The fourth-order valence-corrected chi connectivity index (χ4v) is 3.83. The van der Waals surface area contributed by atoms with Gasteiger partial charge in [0.2, 0.25) is 4.96 Å². The quantitative estimate of drug-likeness (QED) is 0.810. The van der Waals surface area contributed by atoms with Crippen LogP contribution in [-0.4, -0.2) is 37.2 Å². The third-order valence-electron chi connectivity index (χ3n) is 2.02. The van der Waals surface area contributed by atoms with E-state index in [2.05, 4.69) is 10.1 Å². The summed E-state index contributed by atoms with van der Waals surface area (Å²) in [4.78, 5) is 27.2. The predicted molar refractivity (Wildman–Crippen MR) is 77.3 cm³/mol. The summed E-state index contributed by atoms with van der Waals surface area (Å²) in [5.74, 6) is 0.421. The maximum Gasteiger partial charge on any atom is 0.313 e. The normalized spacial score (nSPS) is 11.0. The molecule has 2 rings (SSSR count). The van der Waals surface area contributed by atoms with Crippen LogP contribution in [0.4, 0.5) is 0 Å². The molecule has 2 aromatic rings. The molecule has 6 nitrogen and oxygen atoms in total. The Morgan fingerprint density at radius 2 is 2.37 bits per heavy atom. The van der Waals surface area contributed by atoms with Gasteiger partial charge in [-0.2, -0.15) is 4.52 Å². The van der Waals surface area contributed by atoms with Crippen molar-refractivity contribution in [1.29, 1.82) is 0 Å². The number of carbonyl (C=O) groups is 1. The van der Waals surface area contributed by atoms with Gasteiger partial charge in [-0.15, -0.1) is 16.9 Å². The second-order valence-corrected chi connectivity index (χ2v) is 6.92. The molecule has 0 fully saturated rings. The summed E-state index contributed by atoms with van der Waals surface area (Å²) in [6, 6.07) is 1.40. The molecule has 0 aromatic carbocycles. The van der Waals surface area contributed by atoms with Crippen LogP contribution in [0.1, 0.15) is 12.6 Å². The van der Waals surface area contributed by atoms with Crippen LogP contribution in [0.5, 0.6) is 0 Å². The van der Waals surface area contributed by atoms with E-state index < -0.39 is 5.97 Å². The fourth-order valence-electron chi connectivity index (χ4n) is 1.34. The molecule has 2 aromatic heterocycles. The number of hydrogen-bond donors (Lipinski definition) is 1. The molecule has 0 saturated heterocycles. The molecule has 9 heteroatoms. The lowest BCUT2D eigenvalue weighted by atomic mass is 10.4. The van der Waals surface area contributed by atoms with Gasteiger partial charge >= 0.3 is 5.97 Å². The Balaban J connectivity index is 2.22. The van der Waals surface area contributed by atoms with Gasteiger partial charge in [0.15, 0.2) is 4.34 Å². The molecule has 0 bridgehead atoms. The number of rotatable bonds is 6. The molecule has 0 radical (unpaired) electrons. The van der Waals surface area contributed by atoms with E-state index in [9.17, 15) is 9.59 Å². The van der Waals surface area contributed by atoms with E-state index in [1.165, 1.54) is 33.7 Å². The van der Waals surface area contributed by atoms with E-state index in [0.717, 1.165) is 10.1 Å². The Morgan fingerprint density at radius 3 is 3.05 bits per heavy atom. The van der Waals surface area contributed by atoms with Crippen LogP contribution < -0.4 is 5.56 Å². The fraction of sp³-hybridized carbons (Fsp3) is 0.400. The summed E-state index contributed by atoms with van der Waals surface area (Å²) in [5, 5.41) is 12.7. The van der Waals surface area contributed by atoms with E-state index in [-0.39, 0.29) is 11.3 Å². The van der Waals surface area contributed by atoms with Crippen molar-refractivity contribution in [3.63, 3.8) is 0 Å². The van der Waals surface area contributed by atoms with Crippen molar-refractivity contribution in [2.45, 2.75) is 17.0 Å². The second-order valence-electron chi connectivity index (χ2n) is 3.47. The van der Waals surface area contributed by atoms with E-state index in [0.29, 0.717) is 16.4 Å². The number of hydrogen-bond acceptors (Lipinski definition) is 7. The minimum atomic E-state index is -0.873. The third-order valence-corrected chi connectivity index (χ3v) is 4.90. The van der Waals surface area contributed by atoms with Crippen molar-refractivity contribution in [3.05, 3.63) is 22.1 Å². The van der Waals surface area contributed by atoms with Crippen LogP contribution in [0, 0.1) is 0 Å². The third kappa shape index (κ3) is 3.71. The number of nitrogens with zero attached hydrogens (tertiary/aromatic N) is 3. The number of fused-ring (bicyclic) bond motifs is 1. The molecule has 0 spiro atoms. The molecule has 0 saturated carbocycles. The number of aromatic nitrogens is 3. The smallest absolute Gasteiger partial charge is 0.313 e. The van der Waals surface area contributed by atoms with Gasteiger partial charge in [-0.25, -0.2) is 4.98 Å². The van der Waals surface area contributed by atoms with Gasteiger partial charge in [0, 0.05) is 11.8 Å². The van der Waals surface area contributed by atoms with Gasteiger partial charge < -0.3 is 5.11 Å². The standard InChI is InChI=1S/C10H11N3O3S3/c1-2-18-10-12-13-7(14)3-6(11-9(13)19-10)4-17-5-8(15)16/h3H,2,4-5H2,1H3,(H,15,16). The Hall–Kier alpha value is -1.06. The topological polar surface area (TPSA) is 84.6 Å². The Morgan fingerprint density at radius 1 is 1.58 bits per heavy atom. The molecule has 0 aliphatic heterocycles. The first-order valence-corrected chi connectivity index (χ1v) is 8.38. The van der Waals surface area contributed by atoms with Crippen LogP contribution in [0.25, 0.3) is 4.96 Å². The minimum Gasteiger partial charge on any atom is -0.481 e. The molecule has 2 heterocycles. The maximum absolute atomic E-state index is 11.8. The minimum absolute atomic E-state index is 0.000672. The molecule has 1 N–H and O–H groups in total. The molecule has 0 atom stereocenters. The maximum atomic E-state index is 11.8. The monoisotopic (exact) mass is 317 g/mol. The molecule has 0 amide bonds. The van der Waals surface area contributed by atoms with Crippen molar-refractivity contribution >= 4 is 45.8 Å². The molecule has 0 unspecified atom stereocenters. The highest BCUT2D eigenvalue weighted by Gasteiger charge is 2.09. The summed E-state index contributed by atoms with van der Waals surface area (Å²) in [6.45, 7) is 2.01. The van der Waals surface area contributed by atoms with Gasteiger partial charge in [-0.1, -0.05) is 30.0 Å². The zero-order valence-electron chi connectivity index (χ0n) is 10.0. The zero-order chi connectivity index (χ0) is 13.8. The van der Waals surface area contributed by atoms with Gasteiger partial charge in [0.1, 0.15) is 0 Å². The Labute approximate surface area is 121 Å². The van der Waals surface area contributed by atoms with Crippen molar-refractivity contribution in [2.24, 2.45) is 0 Å². The highest BCUT2D eigenvalue weighted by atomic mass is 32.2. The lowest BCUT2D eigenvalue weighted by Crippen LogP contribution is -2.15. The van der Waals surface area contributed by atoms with Crippen molar-refractivity contribution in [2.75, 3.05) is 11.5 Å². The lowest BCUT2D eigenvalue weighted by molar-refractivity contribution is -0.133. The van der Waals surface area contributed by atoms with Gasteiger partial charge in [-0.05, 0) is 5.75 Å². The molecule has 102 valence electrons. The van der Waals surface area contributed by atoms with Crippen LogP contribution in [0.2, 0.25) is 0 Å². The lowest BCUT2D eigenvalue weighted by Gasteiger charge is -1.98. The SMILES string of the molecule is CCSc1nn2c(=O)cc(CSCC(=O)O)nc2s1. The first-order chi connectivity index (χ1) is 9.10. The Kier molecular flexibility index (Phi) is 4.83. The number of carboxylic acid groups (broad SMARTS) is 1.